The minimum atomic E-state index is -0.122. The summed E-state index contributed by atoms with van der Waals surface area (Å²) < 4.78 is 5.63. The van der Waals surface area contributed by atoms with Crippen molar-refractivity contribution in [3.63, 3.8) is 0 Å². The van der Waals surface area contributed by atoms with Crippen LogP contribution in [0.4, 0.5) is 0 Å². The first kappa shape index (κ1) is 11.6. The summed E-state index contributed by atoms with van der Waals surface area (Å²) >= 11 is 0. The molecule has 0 aliphatic heterocycles. The van der Waals surface area contributed by atoms with Crippen molar-refractivity contribution >= 4 is 10.8 Å². The maximum absolute atomic E-state index is 8.89. The molecule has 1 heterocycles. The summed E-state index contributed by atoms with van der Waals surface area (Å²) in [6.07, 6.45) is 0. The predicted molar refractivity (Wildman–Crippen MR) is 72.0 cm³/mol. The molecule has 4 nitrogen and oxygen atoms in total. The lowest BCUT2D eigenvalue weighted by atomic mass is 10.1. The second-order valence-corrected chi connectivity index (χ2v) is 4.13. The lowest BCUT2D eigenvalue weighted by Crippen LogP contribution is -1.94. The van der Waals surface area contributed by atoms with Gasteiger partial charge < -0.3 is 9.84 Å². The molecule has 0 aliphatic rings. The number of aromatic nitrogens is 2. The van der Waals surface area contributed by atoms with Gasteiger partial charge in [0, 0.05) is 6.07 Å². The van der Waals surface area contributed by atoms with Gasteiger partial charge in [-0.25, -0.2) is 0 Å². The number of rotatable bonds is 3. The average molecular weight is 252 g/mol. The van der Waals surface area contributed by atoms with Gasteiger partial charge in [0.25, 0.3) is 0 Å². The molecular weight excluding hydrogens is 240 g/mol. The van der Waals surface area contributed by atoms with Gasteiger partial charge in [-0.05, 0) is 29.0 Å². The Balaban J connectivity index is 1.87. The van der Waals surface area contributed by atoms with E-state index in [1.807, 2.05) is 36.4 Å². The molecule has 19 heavy (non-hydrogen) atoms. The van der Waals surface area contributed by atoms with Crippen LogP contribution in [0.15, 0.2) is 54.6 Å². The Morgan fingerprint density at radius 2 is 1.74 bits per heavy atom. The summed E-state index contributed by atoms with van der Waals surface area (Å²) in [5, 5.41) is 18.9. The third kappa shape index (κ3) is 2.53. The van der Waals surface area contributed by atoms with Crippen LogP contribution in [0.2, 0.25) is 0 Å². The average Bonchev–Trinajstić information content (AvgIpc) is 2.48. The van der Waals surface area contributed by atoms with Crippen LogP contribution in [-0.2, 0) is 6.61 Å². The molecule has 0 bridgehead atoms. The van der Waals surface area contributed by atoms with Gasteiger partial charge in [0.15, 0.2) is 0 Å². The molecule has 0 amide bonds. The number of fused-ring (bicyclic) bond motifs is 1. The van der Waals surface area contributed by atoms with Crippen LogP contribution >= 0.6 is 0 Å². The summed E-state index contributed by atoms with van der Waals surface area (Å²) in [6, 6.07) is 17.3. The predicted octanol–water partition coefficient (Wildman–Crippen LogP) is 2.91. The molecule has 1 aromatic heterocycles. The van der Waals surface area contributed by atoms with Crippen molar-refractivity contribution in [2.45, 2.75) is 6.61 Å². The number of hydrogen-bond donors (Lipinski definition) is 1. The molecule has 0 unspecified atom stereocenters. The number of aliphatic hydroxyl groups is 1. The van der Waals surface area contributed by atoms with Crippen LogP contribution in [0.1, 0.15) is 5.69 Å². The van der Waals surface area contributed by atoms with E-state index in [9.17, 15) is 0 Å². The maximum Gasteiger partial charge on any atom is 0.238 e. The van der Waals surface area contributed by atoms with Crippen molar-refractivity contribution in [1.29, 1.82) is 0 Å². The third-order valence-corrected chi connectivity index (χ3v) is 2.80. The van der Waals surface area contributed by atoms with E-state index < -0.39 is 0 Å². The molecular formula is C15H12N2O2. The van der Waals surface area contributed by atoms with Crippen LogP contribution in [0, 0.1) is 0 Å². The molecule has 3 rings (SSSR count). The van der Waals surface area contributed by atoms with Crippen molar-refractivity contribution in [3.05, 3.63) is 60.3 Å². The molecule has 0 fully saturated rings. The fourth-order valence-electron chi connectivity index (χ4n) is 1.84. The van der Waals surface area contributed by atoms with Crippen molar-refractivity contribution in [2.24, 2.45) is 0 Å². The number of hydrogen-bond acceptors (Lipinski definition) is 4. The number of benzene rings is 2. The van der Waals surface area contributed by atoms with E-state index in [0.29, 0.717) is 17.3 Å². The Labute approximate surface area is 110 Å². The Morgan fingerprint density at radius 3 is 2.47 bits per heavy atom. The first-order valence-corrected chi connectivity index (χ1v) is 5.95. The van der Waals surface area contributed by atoms with Gasteiger partial charge in [0.2, 0.25) is 5.88 Å². The highest BCUT2D eigenvalue weighted by molar-refractivity contribution is 5.83. The SMILES string of the molecule is OCc1ccc(Oc2ccc3ccccc3c2)nn1. The van der Waals surface area contributed by atoms with Gasteiger partial charge >= 0.3 is 0 Å². The van der Waals surface area contributed by atoms with E-state index in [1.54, 1.807) is 12.1 Å². The van der Waals surface area contributed by atoms with E-state index >= 15 is 0 Å². The molecule has 4 heteroatoms. The highest BCUT2D eigenvalue weighted by Crippen LogP contribution is 2.24. The fourth-order valence-corrected chi connectivity index (χ4v) is 1.84. The standard InChI is InChI=1S/C15H12N2O2/c18-10-13-6-8-15(17-16-13)19-14-7-5-11-3-1-2-4-12(11)9-14/h1-9,18H,10H2. The van der Waals surface area contributed by atoms with Crippen LogP contribution in [0.25, 0.3) is 10.8 Å². The molecule has 2 aromatic carbocycles. The maximum atomic E-state index is 8.89. The summed E-state index contributed by atoms with van der Waals surface area (Å²) in [4.78, 5) is 0. The molecule has 0 atom stereocenters. The van der Waals surface area contributed by atoms with Crippen molar-refractivity contribution in [2.75, 3.05) is 0 Å². The zero-order valence-corrected chi connectivity index (χ0v) is 10.2. The van der Waals surface area contributed by atoms with Crippen LogP contribution in [0.5, 0.6) is 11.6 Å². The second kappa shape index (κ2) is 5.04. The van der Waals surface area contributed by atoms with Crippen LogP contribution < -0.4 is 4.74 Å². The smallest absolute Gasteiger partial charge is 0.238 e. The molecule has 0 radical (unpaired) electrons. The largest absolute Gasteiger partial charge is 0.438 e. The molecule has 0 spiro atoms. The summed E-state index contributed by atoms with van der Waals surface area (Å²) in [5.74, 6) is 1.12. The number of ether oxygens (including phenoxy) is 1. The van der Waals surface area contributed by atoms with Crippen LogP contribution in [-0.4, -0.2) is 15.3 Å². The van der Waals surface area contributed by atoms with E-state index in [0.717, 1.165) is 10.8 Å². The molecule has 3 aromatic rings. The van der Waals surface area contributed by atoms with E-state index in [-0.39, 0.29) is 6.61 Å². The molecule has 1 N–H and O–H groups in total. The minimum absolute atomic E-state index is 0.122. The van der Waals surface area contributed by atoms with Crippen molar-refractivity contribution < 1.29 is 9.84 Å². The van der Waals surface area contributed by atoms with E-state index in [2.05, 4.69) is 16.3 Å². The monoisotopic (exact) mass is 252 g/mol. The third-order valence-electron chi connectivity index (χ3n) is 2.80. The molecule has 0 saturated carbocycles. The number of nitrogens with zero attached hydrogens (tertiary/aromatic N) is 2. The number of aliphatic hydroxyl groups excluding tert-OH is 1. The van der Waals surface area contributed by atoms with Gasteiger partial charge in [-0.3, -0.25) is 0 Å². The van der Waals surface area contributed by atoms with Gasteiger partial charge in [-0.2, -0.15) is 0 Å². The molecule has 94 valence electrons. The topological polar surface area (TPSA) is 55.2 Å². The summed E-state index contributed by atoms with van der Waals surface area (Å²) in [7, 11) is 0. The highest BCUT2D eigenvalue weighted by atomic mass is 16.5. The Bertz CT molecular complexity index is 696. The molecule has 0 saturated heterocycles. The zero-order chi connectivity index (χ0) is 13.1. The minimum Gasteiger partial charge on any atom is -0.438 e. The van der Waals surface area contributed by atoms with Gasteiger partial charge in [0.1, 0.15) is 5.75 Å². The quantitative estimate of drug-likeness (QED) is 0.778. The van der Waals surface area contributed by atoms with Gasteiger partial charge in [0.05, 0.1) is 12.3 Å². The molecule has 0 aliphatic carbocycles. The Hall–Kier alpha value is -2.46. The first-order valence-electron chi connectivity index (χ1n) is 5.95. The van der Waals surface area contributed by atoms with E-state index in [1.165, 1.54) is 0 Å². The van der Waals surface area contributed by atoms with Crippen molar-refractivity contribution in [3.8, 4) is 11.6 Å². The summed E-state index contributed by atoms with van der Waals surface area (Å²) in [5.41, 5.74) is 0.519. The second-order valence-electron chi connectivity index (χ2n) is 4.13. The fraction of sp³-hybridized carbons (Fsp3) is 0.0667. The van der Waals surface area contributed by atoms with Gasteiger partial charge in [-0.15, -0.1) is 10.2 Å². The Kier molecular flexibility index (Phi) is 3.08. The first-order chi connectivity index (χ1) is 9.35. The lowest BCUT2D eigenvalue weighted by molar-refractivity contribution is 0.274. The summed E-state index contributed by atoms with van der Waals surface area (Å²) in [6.45, 7) is -0.122. The van der Waals surface area contributed by atoms with Crippen LogP contribution in [0.3, 0.4) is 0 Å². The lowest BCUT2D eigenvalue weighted by Gasteiger charge is -2.05. The normalized spacial score (nSPS) is 10.6. The van der Waals surface area contributed by atoms with Gasteiger partial charge in [-0.1, -0.05) is 30.3 Å². The zero-order valence-electron chi connectivity index (χ0n) is 10.2. The highest BCUT2D eigenvalue weighted by Gasteiger charge is 2.01. The van der Waals surface area contributed by atoms with Crippen molar-refractivity contribution in [1.82, 2.24) is 10.2 Å². The van der Waals surface area contributed by atoms with E-state index in [4.69, 9.17) is 9.84 Å². The Morgan fingerprint density at radius 1 is 0.895 bits per heavy atom.